The van der Waals surface area contributed by atoms with Crippen molar-refractivity contribution < 1.29 is 23.9 Å². The van der Waals surface area contributed by atoms with Crippen molar-refractivity contribution in [2.24, 2.45) is 0 Å². The number of carbonyl (C=O) groups excluding carboxylic acids is 4. The molecule has 0 saturated carbocycles. The fraction of sp³-hybridized carbons (Fsp3) is 0.217. The molecule has 1 atom stereocenters. The Morgan fingerprint density at radius 1 is 1.16 bits per heavy atom. The summed E-state index contributed by atoms with van der Waals surface area (Å²) in [4.78, 5) is 52.5. The van der Waals surface area contributed by atoms with Gasteiger partial charge in [0, 0.05) is 12.2 Å². The van der Waals surface area contributed by atoms with Gasteiger partial charge in [-0.3, -0.25) is 9.59 Å². The number of benzene rings is 2. The molecule has 1 heterocycles. The highest BCUT2D eigenvalue weighted by molar-refractivity contribution is 6.22. The van der Waals surface area contributed by atoms with Crippen LogP contribution in [0.3, 0.4) is 0 Å². The summed E-state index contributed by atoms with van der Waals surface area (Å²) in [6, 6.07) is 11.8. The molecule has 4 amide bonds. The molecule has 3 rings (SSSR count). The van der Waals surface area contributed by atoms with E-state index in [0.717, 1.165) is 10.5 Å². The van der Waals surface area contributed by atoms with Crippen molar-refractivity contribution in [3.05, 3.63) is 72.3 Å². The lowest BCUT2D eigenvalue weighted by molar-refractivity contribution is -0.124. The summed E-state index contributed by atoms with van der Waals surface area (Å²) < 4.78 is 4.64. The van der Waals surface area contributed by atoms with Gasteiger partial charge in [0.1, 0.15) is 6.04 Å². The van der Waals surface area contributed by atoms with E-state index in [4.69, 9.17) is 0 Å². The summed E-state index contributed by atoms with van der Waals surface area (Å²) in [6.07, 6.45) is 1.31. The van der Waals surface area contributed by atoms with Gasteiger partial charge in [0.05, 0.1) is 24.8 Å². The lowest BCUT2D eigenvalue weighted by atomic mass is 10.1. The maximum atomic E-state index is 13.1. The highest BCUT2D eigenvalue weighted by Crippen LogP contribution is 2.27. The van der Waals surface area contributed by atoms with Crippen molar-refractivity contribution in [3.63, 3.8) is 0 Å². The van der Waals surface area contributed by atoms with Gasteiger partial charge < -0.3 is 15.0 Å². The van der Waals surface area contributed by atoms with Gasteiger partial charge in [-0.25, -0.2) is 14.5 Å². The van der Waals surface area contributed by atoms with Crippen LogP contribution in [0.15, 0.2) is 61.2 Å². The molecule has 0 bridgehead atoms. The third-order valence-electron chi connectivity index (χ3n) is 4.87. The van der Waals surface area contributed by atoms with E-state index in [1.165, 1.54) is 30.2 Å². The quantitative estimate of drug-likeness (QED) is 0.421. The Kier molecular flexibility index (Phi) is 6.49. The van der Waals surface area contributed by atoms with Crippen molar-refractivity contribution in [2.45, 2.75) is 19.4 Å². The molecule has 160 valence electrons. The second kappa shape index (κ2) is 9.25. The number of carbonyl (C=O) groups is 4. The summed E-state index contributed by atoms with van der Waals surface area (Å²) in [5.41, 5.74) is 2.18. The molecule has 8 heteroatoms. The van der Waals surface area contributed by atoms with E-state index in [1.807, 2.05) is 13.0 Å². The first-order chi connectivity index (χ1) is 14.8. The lowest BCUT2D eigenvalue weighted by Gasteiger charge is -2.19. The number of rotatable bonds is 7. The van der Waals surface area contributed by atoms with Gasteiger partial charge in [-0.2, -0.15) is 0 Å². The van der Waals surface area contributed by atoms with E-state index in [-0.39, 0.29) is 13.0 Å². The standard InChI is InChI=1S/C23H23N3O5/c1-4-12-25-19(21(28)26(23(25)30)18-7-5-6-15(2)13-18)14-20(27)24-17-10-8-16(9-11-17)22(29)31-3/h4-11,13,19H,1,12,14H2,2-3H3,(H,24,27). The number of esters is 1. The van der Waals surface area contributed by atoms with Crippen LogP contribution in [-0.2, 0) is 14.3 Å². The number of amides is 4. The van der Waals surface area contributed by atoms with Crippen LogP contribution < -0.4 is 10.2 Å². The summed E-state index contributed by atoms with van der Waals surface area (Å²) in [6.45, 7) is 5.65. The molecule has 1 saturated heterocycles. The molecular weight excluding hydrogens is 398 g/mol. The van der Waals surface area contributed by atoms with E-state index in [9.17, 15) is 19.2 Å². The van der Waals surface area contributed by atoms with Gasteiger partial charge in [-0.1, -0.05) is 18.2 Å². The smallest absolute Gasteiger partial charge is 0.337 e. The molecule has 8 nitrogen and oxygen atoms in total. The van der Waals surface area contributed by atoms with Crippen molar-refractivity contribution in [1.82, 2.24) is 4.90 Å². The van der Waals surface area contributed by atoms with Crippen molar-refractivity contribution in [3.8, 4) is 0 Å². The number of imide groups is 1. The zero-order valence-electron chi connectivity index (χ0n) is 17.3. The summed E-state index contributed by atoms with van der Waals surface area (Å²) in [7, 11) is 1.28. The number of hydrogen-bond donors (Lipinski definition) is 1. The van der Waals surface area contributed by atoms with Crippen LogP contribution in [0.1, 0.15) is 22.3 Å². The Labute approximate surface area is 180 Å². The normalized spacial score (nSPS) is 15.7. The van der Waals surface area contributed by atoms with Gasteiger partial charge in [-0.05, 0) is 48.9 Å². The molecule has 0 aromatic heterocycles. The Bertz CT molecular complexity index is 1030. The maximum Gasteiger partial charge on any atom is 0.337 e. The first-order valence-corrected chi connectivity index (χ1v) is 9.66. The predicted octanol–water partition coefficient (Wildman–Crippen LogP) is 3.13. The van der Waals surface area contributed by atoms with Crippen molar-refractivity contribution in [2.75, 3.05) is 23.9 Å². The average molecular weight is 421 g/mol. The molecule has 2 aromatic rings. The van der Waals surface area contributed by atoms with Crippen molar-refractivity contribution in [1.29, 1.82) is 0 Å². The predicted molar refractivity (Wildman–Crippen MR) is 116 cm³/mol. The van der Waals surface area contributed by atoms with Crippen LogP contribution in [0.4, 0.5) is 16.2 Å². The van der Waals surface area contributed by atoms with Gasteiger partial charge in [-0.15, -0.1) is 6.58 Å². The van der Waals surface area contributed by atoms with Crippen LogP contribution in [-0.4, -0.2) is 48.4 Å². The highest BCUT2D eigenvalue weighted by atomic mass is 16.5. The lowest BCUT2D eigenvalue weighted by Crippen LogP contribution is -2.38. The van der Waals surface area contributed by atoms with E-state index in [1.54, 1.807) is 30.3 Å². The molecule has 2 aromatic carbocycles. The topological polar surface area (TPSA) is 96.0 Å². The monoisotopic (exact) mass is 421 g/mol. The Hall–Kier alpha value is -3.94. The minimum atomic E-state index is -0.944. The number of hydrogen-bond acceptors (Lipinski definition) is 5. The largest absolute Gasteiger partial charge is 0.465 e. The minimum absolute atomic E-state index is 0.138. The fourth-order valence-electron chi connectivity index (χ4n) is 3.38. The third-order valence-corrected chi connectivity index (χ3v) is 4.87. The molecular formula is C23H23N3O5. The fourth-order valence-corrected chi connectivity index (χ4v) is 3.38. The van der Waals surface area contributed by atoms with E-state index in [0.29, 0.717) is 16.9 Å². The molecule has 1 aliphatic heterocycles. The number of nitrogens with zero attached hydrogens (tertiary/aromatic N) is 2. The number of anilines is 2. The molecule has 1 N–H and O–H groups in total. The zero-order valence-corrected chi connectivity index (χ0v) is 17.3. The molecule has 0 spiro atoms. The van der Waals surface area contributed by atoms with Gasteiger partial charge in [0.2, 0.25) is 5.91 Å². The number of urea groups is 1. The number of methoxy groups -OCH3 is 1. The molecule has 0 radical (unpaired) electrons. The molecule has 31 heavy (non-hydrogen) atoms. The number of ether oxygens (including phenoxy) is 1. The minimum Gasteiger partial charge on any atom is -0.465 e. The van der Waals surface area contributed by atoms with E-state index >= 15 is 0 Å². The van der Waals surface area contributed by atoms with Gasteiger partial charge in [0.25, 0.3) is 5.91 Å². The molecule has 1 aliphatic rings. The maximum absolute atomic E-state index is 13.1. The SMILES string of the molecule is C=CCN1C(=O)N(c2cccc(C)c2)C(=O)C1CC(=O)Nc1ccc(C(=O)OC)cc1. The summed E-state index contributed by atoms with van der Waals surface area (Å²) in [5.74, 6) is -1.38. The van der Waals surface area contributed by atoms with Crippen LogP contribution in [0.5, 0.6) is 0 Å². The van der Waals surface area contributed by atoms with Crippen molar-refractivity contribution >= 4 is 35.2 Å². The van der Waals surface area contributed by atoms with Crippen LogP contribution in [0.25, 0.3) is 0 Å². The van der Waals surface area contributed by atoms with E-state index in [2.05, 4.69) is 16.6 Å². The highest BCUT2D eigenvalue weighted by Gasteiger charge is 2.46. The average Bonchev–Trinajstić information content (AvgIpc) is 2.98. The first kappa shape index (κ1) is 21.8. The Morgan fingerprint density at radius 2 is 1.87 bits per heavy atom. The van der Waals surface area contributed by atoms with Crippen LogP contribution in [0, 0.1) is 6.92 Å². The zero-order chi connectivity index (χ0) is 22.5. The molecule has 0 aliphatic carbocycles. The molecule has 1 fully saturated rings. The first-order valence-electron chi connectivity index (χ1n) is 9.66. The van der Waals surface area contributed by atoms with E-state index < -0.39 is 29.9 Å². The number of nitrogens with one attached hydrogen (secondary N) is 1. The van der Waals surface area contributed by atoms with Gasteiger partial charge in [0.15, 0.2) is 0 Å². The third kappa shape index (κ3) is 4.63. The second-order valence-electron chi connectivity index (χ2n) is 7.07. The summed E-state index contributed by atoms with van der Waals surface area (Å²) in [5, 5.41) is 2.69. The Balaban J connectivity index is 1.76. The Morgan fingerprint density at radius 3 is 2.48 bits per heavy atom. The van der Waals surface area contributed by atoms with Gasteiger partial charge >= 0.3 is 12.0 Å². The number of aryl methyl sites for hydroxylation is 1. The second-order valence-corrected chi connectivity index (χ2v) is 7.07. The van der Waals surface area contributed by atoms with Crippen LogP contribution >= 0.6 is 0 Å². The molecule has 1 unspecified atom stereocenters. The van der Waals surface area contributed by atoms with Crippen LogP contribution in [0.2, 0.25) is 0 Å². The summed E-state index contributed by atoms with van der Waals surface area (Å²) >= 11 is 0.